The van der Waals surface area contributed by atoms with Crippen LogP contribution in [-0.4, -0.2) is 24.6 Å². The van der Waals surface area contributed by atoms with Gasteiger partial charge in [-0.25, -0.2) is 9.78 Å². The molecule has 5 rings (SSSR count). The number of rotatable bonds is 5. The number of imidazole rings is 2. The highest BCUT2D eigenvalue weighted by molar-refractivity contribution is 5.91. The quantitative estimate of drug-likeness (QED) is 0.479. The van der Waals surface area contributed by atoms with Crippen LogP contribution in [-0.2, 0) is 18.4 Å². The molecule has 0 atom stereocenters. The first-order chi connectivity index (χ1) is 15.1. The summed E-state index contributed by atoms with van der Waals surface area (Å²) in [6.07, 6.45) is 2.00. The van der Waals surface area contributed by atoms with E-state index in [1.807, 2.05) is 77.4 Å². The van der Waals surface area contributed by atoms with Crippen LogP contribution in [0.3, 0.4) is 0 Å². The number of hydrogen-bond donors (Lipinski definition) is 1. The van der Waals surface area contributed by atoms with E-state index in [0.29, 0.717) is 12.2 Å². The Morgan fingerprint density at radius 1 is 0.903 bits per heavy atom. The van der Waals surface area contributed by atoms with Gasteiger partial charge in [0.05, 0.1) is 22.1 Å². The number of para-hydroxylation sites is 4. The lowest BCUT2D eigenvalue weighted by Gasteiger charge is -2.08. The molecule has 0 fully saturated rings. The van der Waals surface area contributed by atoms with Gasteiger partial charge in [-0.3, -0.25) is 18.5 Å². The molecule has 3 aromatic carbocycles. The highest BCUT2D eigenvalue weighted by Crippen LogP contribution is 2.20. The van der Waals surface area contributed by atoms with Crippen LogP contribution in [0, 0.1) is 0 Å². The molecule has 0 unspecified atom stereocenters. The van der Waals surface area contributed by atoms with Gasteiger partial charge in [-0.1, -0.05) is 24.3 Å². The Balaban J connectivity index is 1.28. The summed E-state index contributed by atoms with van der Waals surface area (Å²) in [6, 6.07) is 23.1. The van der Waals surface area contributed by atoms with Gasteiger partial charge < -0.3 is 5.32 Å². The molecule has 0 aliphatic carbocycles. The lowest BCUT2D eigenvalue weighted by Crippen LogP contribution is -2.24. The number of amides is 1. The minimum absolute atomic E-state index is 0.120. The second-order valence-electron chi connectivity index (χ2n) is 7.43. The summed E-state index contributed by atoms with van der Waals surface area (Å²) in [5, 5.41) is 2.91. The Labute approximate surface area is 178 Å². The Morgan fingerprint density at radius 2 is 1.58 bits per heavy atom. The first-order valence-corrected chi connectivity index (χ1v) is 10.1. The van der Waals surface area contributed by atoms with Crippen LogP contribution in [0.2, 0.25) is 0 Å². The number of aryl methyl sites for hydroxylation is 2. The van der Waals surface area contributed by atoms with Crippen molar-refractivity contribution in [2.24, 2.45) is 7.05 Å². The van der Waals surface area contributed by atoms with E-state index in [1.54, 1.807) is 22.5 Å². The average Bonchev–Trinajstić information content (AvgIpc) is 3.33. The summed E-state index contributed by atoms with van der Waals surface area (Å²) in [7, 11) is 1.74. The molecule has 2 aromatic heterocycles. The van der Waals surface area contributed by atoms with Gasteiger partial charge in [0, 0.05) is 31.4 Å². The van der Waals surface area contributed by atoms with Crippen molar-refractivity contribution in [2.45, 2.75) is 13.0 Å². The van der Waals surface area contributed by atoms with Crippen molar-refractivity contribution in [3.05, 3.63) is 89.6 Å². The fourth-order valence-electron chi connectivity index (χ4n) is 3.89. The summed E-state index contributed by atoms with van der Waals surface area (Å²) < 4.78 is 5.25. The second kappa shape index (κ2) is 7.60. The summed E-state index contributed by atoms with van der Waals surface area (Å²) >= 11 is 0. The van der Waals surface area contributed by atoms with E-state index in [4.69, 9.17) is 0 Å². The van der Waals surface area contributed by atoms with Crippen molar-refractivity contribution >= 4 is 33.7 Å². The smallest absolute Gasteiger partial charge is 0.326 e. The molecule has 7 nitrogen and oxygen atoms in total. The lowest BCUT2D eigenvalue weighted by molar-refractivity contribution is -0.116. The second-order valence-corrected chi connectivity index (χ2v) is 7.43. The van der Waals surface area contributed by atoms with Crippen LogP contribution in [0.25, 0.3) is 27.8 Å². The molecule has 0 spiro atoms. The zero-order valence-corrected chi connectivity index (χ0v) is 17.0. The number of nitrogens with one attached hydrogen (secondary N) is 1. The number of benzene rings is 3. The van der Waals surface area contributed by atoms with E-state index < -0.39 is 0 Å². The van der Waals surface area contributed by atoms with E-state index in [2.05, 4.69) is 10.3 Å². The summed E-state index contributed by atoms with van der Waals surface area (Å²) in [5.74, 6) is -0.138. The molecule has 154 valence electrons. The van der Waals surface area contributed by atoms with Crippen LogP contribution in [0.4, 0.5) is 5.69 Å². The number of carbonyl (C=O) groups is 1. The minimum Gasteiger partial charge on any atom is -0.326 e. The fraction of sp³-hybridized carbons (Fsp3) is 0.125. The fourth-order valence-corrected chi connectivity index (χ4v) is 3.89. The van der Waals surface area contributed by atoms with Crippen LogP contribution < -0.4 is 11.0 Å². The van der Waals surface area contributed by atoms with E-state index >= 15 is 0 Å². The molecule has 0 aliphatic heterocycles. The maximum Gasteiger partial charge on any atom is 0.328 e. The maximum absolute atomic E-state index is 12.5. The first-order valence-electron chi connectivity index (χ1n) is 10.1. The minimum atomic E-state index is -0.138. The Bertz CT molecular complexity index is 1460. The van der Waals surface area contributed by atoms with Crippen molar-refractivity contribution in [1.29, 1.82) is 0 Å². The number of fused-ring (bicyclic) bond motifs is 2. The van der Waals surface area contributed by atoms with E-state index in [1.165, 1.54) is 0 Å². The topological polar surface area (TPSA) is 73.8 Å². The molecule has 0 saturated heterocycles. The van der Waals surface area contributed by atoms with Crippen molar-refractivity contribution < 1.29 is 4.79 Å². The van der Waals surface area contributed by atoms with Gasteiger partial charge >= 0.3 is 5.69 Å². The molecule has 7 heteroatoms. The molecular weight excluding hydrogens is 390 g/mol. The van der Waals surface area contributed by atoms with E-state index in [0.717, 1.165) is 27.8 Å². The van der Waals surface area contributed by atoms with Gasteiger partial charge in [0.25, 0.3) is 0 Å². The molecule has 1 N–H and O–H groups in total. The highest BCUT2D eigenvalue weighted by atomic mass is 16.2. The third-order valence-corrected chi connectivity index (χ3v) is 5.50. The molecule has 0 saturated carbocycles. The molecule has 0 aliphatic rings. The Hall–Kier alpha value is -4.13. The van der Waals surface area contributed by atoms with Gasteiger partial charge in [0.15, 0.2) is 0 Å². The normalized spacial score (nSPS) is 11.3. The van der Waals surface area contributed by atoms with E-state index in [9.17, 15) is 9.59 Å². The van der Waals surface area contributed by atoms with E-state index in [-0.39, 0.29) is 18.0 Å². The van der Waals surface area contributed by atoms with Gasteiger partial charge in [-0.05, 0) is 48.5 Å². The molecule has 1 amide bonds. The highest BCUT2D eigenvalue weighted by Gasteiger charge is 2.12. The SMILES string of the molecule is Cn1c(=O)n(CCC(=O)Nc2ccc(-n3cnc4ccccc43)cc2)c2ccccc21. The predicted octanol–water partition coefficient (Wildman–Crippen LogP) is 3.71. The average molecular weight is 411 g/mol. The zero-order chi connectivity index (χ0) is 21.4. The van der Waals surface area contributed by atoms with Gasteiger partial charge in [0.2, 0.25) is 5.91 Å². The first kappa shape index (κ1) is 18.9. The molecule has 5 aromatic rings. The van der Waals surface area contributed by atoms with Crippen molar-refractivity contribution in [2.75, 3.05) is 5.32 Å². The molecule has 2 heterocycles. The molecule has 0 radical (unpaired) electrons. The van der Waals surface area contributed by atoms with Gasteiger partial charge in [-0.15, -0.1) is 0 Å². The van der Waals surface area contributed by atoms with Crippen LogP contribution in [0.15, 0.2) is 83.9 Å². The van der Waals surface area contributed by atoms with Crippen LogP contribution >= 0.6 is 0 Å². The molecule has 0 bridgehead atoms. The summed E-state index contributed by atoms with van der Waals surface area (Å²) in [6.45, 7) is 0.325. The van der Waals surface area contributed by atoms with Gasteiger partial charge in [-0.2, -0.15) is 0 Å². The van der Waals surface area contributed by atoms with Crippen LogP contribution in [0.5, 0.6) is 0 Å². The standard InChI is InChI=1S/C24H21N5O2/c1-27-21-8-4-5-9-22(21)28(24(27)31)15-14-23(30)26-17-10-12-18(13-11-17)29-16-25-19-6-2-3-7-20(19)29/h2-13,16H,14-15H2,1H3,(H,26,30). The van der Waals surface area contributed by atoms with Crippen molar-refractivity contribution in [3.63, 3.8) is 0 Å². The Kier molecular flexibility index (Phi) is 4.63. The Morgan fingerprint density at radius 3 is 2.35 bits per heavy atom. The number of aromatic nitrogens is 4. The molecular formula is C24H21N5O2. The summed E-state index contributed by atoms with van der Waals surface area (Å²) in [5.41, 5.74) is 5.21. The largest absolute Gasteiger partial charge is 0.328 e. The number of nitrogens with zero attached hydrogens (tertiary/aromatic N) is 4. The van der Waals surface area contributed by atoms with Crippen LogP contribution in [0.1, 0.15) is 6.42 Å². The monoisotopic (exact) mass is 411 g/mol. The number of hydrogen-bond acceptors (Lipinski definition) is 3. The third kappa shape index (κ3) is 3.40. The van der Waals surface area contributed by atoms with Gasteiger partial charge in [0.1, 0.15) is 6.33 Å². The molecule has 31 heavy (non-hydrogen) atoms. The zero-order valence-electron chi connectivity index (χ0n) is 17.0. The number of carbonyl (C=O) groups excluding carboxylic acids is 1. The van der Waals surface area contributed by atoms with Crippen molar-refractivity contribution in [3.8, 4) is 5.69 Å². The lowest BCUT2D eigenvalue weighted by atomic mass is 10.2. The third-order valence-electron chi connectivity index (χ3n) is 5.50. The predicted molar refractivity (Wildman–Crippen MR) is 121 cm³/mol. The van der Waals surface area contributed by atoms with Crippen molar-refractivity contribution in [1.82, 2.24) is 18.7 Å². The maximum atomic E-state index is 12.5. The summed E-state index contributed by atoms with van der Waals surface area (Å²) in [4.78, 5) is 29.4. The number of anilines is 1.